The molecule has 4 rings (SSSR count). The molecule has 176 valence electrons. The van der Waals surface area contributed by atoms with Crippen molar-refractivity contribution in [1.29, 1.82) is 0 Å². The van der Waals surface area contributed by atoms with Crippen LogP contribution in [0.15, 0.2) is 72.8 Å². The summed E-state index contributed by atoms with van der Waals surface area (Å²) in [7, 11) is 0. The molecule has 0 atom stereocenters. The second-order valence-corrected chi connectivity index (χ2v) is 9.22. The van der Waals surface area contributed by atoms with Crippen molar-refractivity contribution in [1.82, 2.24) is 5.32 Å². The van der Waals surface area contributed by atoms with Crippen LogP contribution in [0.5, 0.6) is 0 Å². The van der Waals surface area contributed by atoms with Gasteiger partial charge in [-0.05, 0) is 80.1 Å². The van der Waals surface area contributed by atoms with E-state index in [1.165, 1.54) is 0 Å². The number of aryl methyl sites for hydroxylation is 1. The highest BCUT2D eigenvalue weighted by molar-refractivity contribution is 6.31. The third kappa shape index (κ3) is 6.46. The number of nitrogens with one attached hydrogen (secondary N) is 2. The van der Waals surface area contributed by atoms with Crippen LogP contribution in [0.3, 0.4) is 0 Å². The van der Waals surface area contributed by atoms with E-state index in [2.05, 4.69) is 10.6 Å². The third-order valence-electron chi connectivity index (χ3n) is 6.22. The van der Waals surface area contributed by atoms with Crippen LogP contribution in [-0.4, -0.2) is 28.9 Å². The maximum atomic E-state index is 13.0. The number of aliphatic hydroxyl groups excluding tert-OH is 1. The van der Waals surface area contributed by atoms with Crippen LogP contribution in [0, 0.1) is 0 Å². The van der Waals surface area contributed by atoms with Gasteiger partial charge >= 0.3 is 0 Å². The van der Waals surface area contributed by atoms with Crippen molar-refractivity contribution >= 4 is 34.7 Å². The van der Waals surface area contributed by atoms with Gasteiger partial charge in [-0.3, -0.25) is 9.59 Å². The molecule has 1 fully saturated rings. The van der Waals surface area contributed by atoms with E-state index < -0.39 is 0 Å². The van der Waals surface area contributed by atoms with Crippen molar-refractivity contribution < 1.29 is 14.7 Å². The molecule has 5 nitrogen and oxygen atoms in total. The molecule has 0 radical (unpaired) electrons. The summed E-state index contributed by atoms with van der Waals surface area (Å²) >= 11 is 6.17. The molecule has 34 heavy (non-hydrogen) atoms. The van der Waals surface area contributed by atoms with Crippen LogP contribution in [0.25, 0.3) is 0 Å². The van der Waals surface area contributed by atoms with E-state index >= 15 is 0 Å². The monoisotopic (exact) mass is 476 g/mol. The number of carbonyl (C=O) groups excluding carboxylic acids is 2. The number of aliphatic hydroxyl groups is 1. The number of hydrogen-bond acceptors (Lipinski definition) is 4. The van der Waals surface area contributed by atoms with E-state index in [1.807, 2.05) is 42.5 Å². The molecule has 3 aromatic rings. The minimum absolute atomic E-state index is 0.0244. The predicted octanol–water partition coefficient (Wildman–Crippen LogP) is 5.93. The first-order valence-electron chi connectivity index (χ1n) is 11.7. The van der Waals surface area contributed by atoms with E-state index in [0.717, 1.165) is 36.9 Å². The van der Waals surface area contributed by atoms with Gasteiger partial charge in [-0.15, -0.1) is 0 Å². The fourth-order valence-corrected chi connectivity index (χ4v) is 4.42. The Labute approximate surface area is 205 Å². The number of anilines is 2. The lowest BCUT2D eigenvalue weighted by Crippen LogP contribution is -2.38. The molecule has 1 aliphatic rings. The van der Waals surface area contributed by atoms with Crippen molar-refractivity contribution in [3.8, 4) is 0 Å². The van der Waals surface area contributed by atoms with Crippen LogP contribution in [-0.2, 0) is 6.42 Å². The minimum atomic E-state index is -0.242. The van der Waals surface area contributed by atoms with Gasteiger partial charge in [0, 0.05) is 34.3 Å². The average molecular weight is 477 g/mol. The molecular weight excluding hydrogens is 448 g/mol. The van der Waals surface area contributed by atoms with Gasteiger partial charge in [0.05, 0.1) is 11.8 Å². The van der Waals surface area contributed by atoms with Crippen LogP contribution >= 0.6 is 11.6 Å². The quantitative estimate of drug-likeness (QED) is 0.352. The predicted molar refractivity (Wildman–Crippen MR) is 136 cm³/mol. The lowest BCUT2D eigenvalue weighted by molar-refractivity contribution is 0.0867. The highest BCUT2D eigenvalue weighted by Gasteiger charge is 2.21. The second kappa shape index (κ2) is 11.3. The summed E-state index contributed by atoms with van der Waals surface area (Å²) in [4.78, 5) is 25.5. The average Bonchev–Trinajstić information content (AvgIpc) is 2.85. The standard InChI is InChI=1S/C28H29ClN2O3/c29-21-11-16-25(26(18-21)30-22-4-2-1-3-5-22)27(33)17-8-19-6-9-20(10-7-19)28(34)31-23-12-14-24(32)15-13-23/h1-7,9-11,16,18,23-24,30,32H,8,12-15,17H2,(H,31,34)/t23-,24-. The maximum Gasteiger partial charge on any atom is 0.251 e. The van der Waals surface area contributed by atoms with E-state index in [0.29, 0.717) is 34.7 Å². The van der Waals surface area contributed by atoms with Gasteiger partial charge in [0.2, 0.25) is 0 Å². The Bertz CT molecular complexity index is 1120. The Morgan fingerprint density at radius 3 is 2.32 bits per heavy atom. The first-order chi connectivity index (χ1) is 16.5. The molecule has 0 spiro atoms. The zero-order valence-corrected chi connectivity index (χ0v) is 19.7. The largest absolute Gasteiger partial charge is 0.393 e. The number of rotatable bonds is 8. The van der Waals surface area contributed by atoms with E-state index in [-0.39, 0.29) is 23.8 Å². The lowest BCUT2D eigenvalue weighted by atomic mass is 9.93. The number of carbonyl (C=O) groups is 2. The van der Waals surface area contributed by atoms with Crippen molar-refractivity contribution in [2.45, 2.75) is 50.7 Å². The molecular formula is C28H29ClN2O3. The van der Waals surface area contributed by atoms with Crippen molar-refractivity contribution in [3.63, 3.8) is 0 Å². The molecule has 1 saturated carbocycles. The van der Waals surface area contributed by atoms with E-state index in [4.69, 9.17) is 11.6 Å². The fraction of sp³-hybridized carbons (Fsp3) is 0.286. The summed E-state index contributed by atoms with van der Waals surface area (Å²) in [6, 6.07) is 22.4. The Morgan fingerprint density at radius 1 is 0.912 bits per heavy atom. The maximum absolute atomic E-state index is 13.0. The Balaban J connectivity index is 1.35. The number of ketones is 1. The van der Waals surface area contributed by atoms with Gasteiger partial charge in [-0.25, -0.2) is 0 Å². The topological polar surface area (TPSA) is 78.4 Å². The first kappa shape index (κ1) is 24.0. The molecule has 0 unspecified atom stereocenters. The number of hydrogen-bond donors (Lipinski definition) is 3. The van der Waals surface area contributed by atoms with Crippen molar-refractivity contribution in [3.05, 3.63) is 94.5 Å². The zero-order valence-electron chi connectivity index (χ0n) is 19.0. The zero-order chi connectivity index (χ0) is 23.9. The normalized spacial score (nSPS) is 17.7. The van der Waals surface area contributed by atoms with Crippen molar-refractivity contribution in [2.24, 2.45) is 0 Å². The third-order valence-corrected chi connectivity index (χ3v) is 6.46. The highest BCUT2D eigenvalue weighted by atomic mass is 35.5. The van der Waals surface area contributed by atoms with Gasteiger partial charge < -0.3 is 15.7 Å². The van der Waals surface area contributed by atoms with E-state index in [9.17, 15) is 14.7 Å². The summed E-state index contributed by atoms with van der Waals surface area (Å²) in [5.74, 6) is -0.0711. The van der Waals surface area contributed by atoms with Gasteiger partial charge in [0.1, 0.15) is 0 Å². The number of amides is 1. The van der Waals surface area contributed by atoms with Crippen LogP contribution < -0.4 is 10.6 Å². The summed E-state index contributed by atoms with van der Waals surface area (Å²) < 4.78 is 0. The number of benzene rings is 3. The van der Waals surface area contributed by atoms with Gasteiger partial charge in [0.25, 0.3) is 5.91 Å². The Kier molecular flexibility index (Phi) is 7.99. The Morgan fingerprint density at radius 2 is 1.62 bits per heavy atom. The summed E-state index contributed by atoms with van der Waals surface area (Å²) in [6.45, 7) is 0. The molecule has 0 saturated heterocycles. The second-order valence-electron chi connectivity index (χ2n) is 8.78. The first-order valence-corrected chi connectivity index (χ1v) is 12.1. The highest BCUT2D eigenvalue weighted by Crippen LogP contribution is 2.26. The molecule has 3 aromatic carbocycles. The molecule has 0 heterocycles. The van der Waals surface area contributed by atoms with Gasteiger partial charge in [-0.2, -0.15) is 0 Å². The number of para-hydroxylation sites is 1. The van der Waals surface area contributed by atoms with Gasteiger partial charge in [-0.1, -0.05) is 41.9 Å². The SMILES string of the molecule is O=C(N[C@H]1CC[C@H](O)CC1)c1ccc(CCC(=O)c2ccc(Cl)cc2Nc2ccccc2)cc1. The molecule has 3 N–H and O–H groups in total. The van der Waals surface area contributed by atoms with Crippen LogP contribution in [0.2, 0.25) is 5.02 Å². The molecule has 0 aliphatic heterocycles. The molecule has 0 bridgehead atoms. The molecule has 1 aliphatic carbocycles. The molecule has 1 amide bonds. The van der Waals surface area contributed by atoms with Crippen LogP contribution in [0.1, 0.15) is 58.4 Å². The number of halogens is 1. The van der Waals surface area contributed by atoms with E-state index in [1.54, 1.807) is 30.3 Å². The lowest BCUT2D eigenvalue weighted by Gasteiger charge is -2.26. The summed E-state index contributed by atoms with van der Waals surface area (Å²) in [5.41, 5.74) is 3.77. The minimum Gasteiger partial charge on any atom is -0.393 e. The molecule has 6 heteroatoms. The Hall–Kier alpha value is -3.15. The molecule has 0 aromatic heterocycles. The van der Waals surface area contributed by atoms with Crippen LogP contribution in [0.4, 0.5) is 11.4 Å². The summed E-state index contributed by atoms with van der Waals surface area (Å²) in [5, 5.41) is 16.5. The number of Topliss-reactive ketones (excluding diaryl/α,β-unsaturated/α-hetero) is 1. The smallest absolute Gasteiger partial charge is 0.251 e. The van der Waals surface area contributed by atoms with Gasteiger partial charge in [0.15, 0.2) is 5.78 Å². The summed E-state index contributed by atoms with van der Waals surface area (Å²) in [6.07, 6.45) is 3.75. The van der Waals surface area contributed by atoms with Crippen molar-refractivity contribution in [2.75, 3.05) is 5.32 Å². The fourth-order valence-electron chi connectivity index (χ4n) is 4.24.